The van der Waals surface area contributed by atoms with Crippen LogP contribution in [0.25, 0.3) is 0 Å². The molecule has 0 saturated carbocycles. The highest BCUT2D eigenvalue weighted by Gasteiger charge is 2.19. The normalized spacial score (nSPS) is 14.5. The van der Waals surface area contributed by atoms with Gasteiger partial charge in [-0.1, -0.05) is 19.8 Å². The molecule has 0 saturated heterocycles. The summed E-state index contributed by atoms with van der Waals surface area (Å²) >= 11 is 0. The smallest absolute Gasteiger partial charge is 0.407 e. The summed E-state index contributed by atoms with van der Waals surface area (Å²) in [6, 6.07) is 0.0596. The van der Waals surface area contributed by atoms with E-state index in [4.69, 9.17) is 9.73 Å². The number of fused-ring (bicyclic) bond motifs is 1. The Morgan fingerprint density at radius 1 is 1.27 bits per heavy atom. The molecule has 1 atom stereocenters. The maximum Gasteiger partial charge on any atom is 0.407 e. The lowest BCUT2D eigenvalue weighted by molar-refractivity contribution is 0.0522. The van der Waals surface area contributed by atoms with Gasteiger partial charge in [-0.25, -0.2) is 9.79 Å². The molecule has 0 aliphatic carbocycles. The van der Waals surface area contributed by atoms with Crippen LogP contribution in [0.3, 0.4) is 0 Å². The van der Waals surface area contributed by atoms with Crippen molar-refractivity contribution in [2.24, 2.45) is 4.99 Å². The van der Waals surface area contributed by atoms with Crippen molar-refractivity contribution in [2.45, 2.75) is 91.5 Å². The number of aromatic nitrogens is 3. The summed E-state index contributed by atoms with van der Waals surface area (Å²) in [6.07, 6.45) is 4.79. The maximum atomic E-state index is 12.0. The van der Waals surface area contributed by atoms with E-state index in [1.54, 1.807) is 0 Å². The molecule has 30 heavy (non-hydrogen) atoms. The number of aryl methyl sites for hydroxylation is 1. The molecule has 0 fully saturated rings. The summed E-state index contributed by atoms with van der Waals surface area (Å²) in [5, 5.41) is 18.1. The molecule has 0 spiro atoms. The van der Waals surface area contributed by atoms with Crippen LogP contribution in [-0.2, 0) is 24.2 Å². The van der Waals surface area contributed by atoms with Gasteiger partial charge in [0.05, 0.1) is 0 Å². The zero-order valence-corrected chi connectivity index (χ0v) is 21.3. The molecule has 1 unspecified atom stereocenters. The molecule has 1 aliphatic heterocycles. The van der Waals surface area contributed by atoms with Gasteiger partial charge >= 0.3 is 6.09 Å². The molecule has 1 aromatic rings. The number of hydrogen-bond acceptors (Lipinski definition) is 5. The summed E-state index contributed by atoms with van der Waals surface area (Å²) < 4.78 is 7.50. The van der Waals surface area contributed by atoms with Gasteiger partial charge in [-0.3, -0.25) is 0 Å². The number of guanidine groups is 1. The largest absolute Gasteiger partial charge is 0.444 e. The third kappa shape index (κ3) is 9.05. The van der Waals surface area contributed by atoms with Crippen LogP contribution in [0, 0.1) is 0 Å². The molecule has 10 heteroatoms. The van der Waals surface area contributed by atoms with Gasteiger partial charge in [0.1, 0.15) is 18.0 Å². The van der Waals surface area contributed by atoms with Gasteiger partial charge in [0.25, 0.3) is 0 Å². The predicted octanol–water partition coefficient (Wildman–Crippen LogP) is 2.98. The highest BCUT2D eigenvalue weighted by Crippen LogP contribution is 2.14. The molecule has 0 radical (unpaired) electrons. The second kappa shape index (κ2) is 13.0. The second-order valence-electron chi connectivity index (χ2n) is 8.35. The average molecular weight is 535 g/mol. The zero-order valence-electron chi connectivity index (χ0n) is 19.0. The van der Waals surface area contributed by atoms with Gasteiger partial charge in [-0.15, -0.1) is 34.2 Å². The first kappa shape index (κ1) is 26.4. The Morgan fingerprint density at radius 2 is 2.03 bits per heavy atom. The number of hydrogen-bond donors (Lipinski definition) is 3. The quantitative estimate of drug-likeness (QED) is 0.255. The van der Waals surface area contributed by atoms with E-state index in [9.17, 15) is 4.79 Å². The average Bonchev–Trinajstić information content (AvgIpc) is 3.24. The number of aliphatic imine (C=N–C) groups is 1. The van der Waals surface area contributed by atoms with Crippen LogP contribution in [0.5, 0.6) is 0 Å². The van der Waals surface area contributed by atoms with Gasteiger partial charge in [-0.2, -0.15) is 0 Å². The molecular formula is C20H38IN7O2. The maximum absolute atomic E-state index is 12.0. The number of alkyl carbamates (subject to hydrolysis) is 1. The zero-order chi connectivity index (χ0) is 21.3. The van der Waals surface area contributed by atoms with Crippen LogP contribution < -0.4 is 16.0 Å². The summed E-state index contributed by atoms with van der Waals surface area (Å²) in [4.78, 5) is 16.7. The minimum absolute atomic E-state index is 0. The fourth-order valence-electron chi connectivity index (χ4n) is 3.19. The Hall–Kier alpha value is -1.59. The Labute approximate surface area is 197 Å². The molecule has 1 aliphatic rings. The molecule has 0 bridgehead atoms. The fourth-order valence-corrected chi connectivity index (χ4v) is 3.19. The number of nitrogens with zero attached hydrogens (tertiary/aromatic N) is 4. The fraction of sp³-hybridized carbons (Fsp3) is 0.800. The minimum Gasteiger partial charge on any atom is -0.444 e. The molecular weight excluding hydrogens is 497 g/mol. The van der Waals surface area contributed by atoms with E-state index in [-0.39, 0.29) is 30.0 Å². The molecule has 172 valence electrons. The number of carbonyl (C=O) groups excluding carboxylic acids is 1. The number of amides is 1. The Balaban J connectivity index is 0.00000450. The summed E-state index contributed by atoms with van der Waals surface area (Å²) in [5.41, 5.74) is -0.509. The van der Waals surface area contributed by atoms with Crippen LogP contribution in [-0.4, -0.2) is 51.5 Å². The van der Waals surface area contributed by atoms with Gasteiger partial charge in [0.15, 0.2) is 11.8 Å². The first-order valence-electron chi connectivity index (χ1n) is 10.7. The summed E-state index contributed by atoms with van der Waals surface area (Å²) in [6.45, 7) is 12.4. The molecule has 0 aromatic carbocycles. The SMILES string of the molecule is CCCCC(CNC(=O)OC(C)(C)C)NC(=NCc1nnc2n1CCC2)NCC.I. The number of unbranched alkanes of at least 4 members (excludes halogenated alkanes) is 1. The Morgan fingerprint density at radius 3 is 2.70 bits per heavy atom. The Kier molecular flexibility index (Phi) is 11.4. The van der Waals surface area contributed by atoms with E-state index in [1.807, 2.05) is 27.7 Å². The van der Waals surface area contributed by atoms with E-state index in [2.05, 4.69) is 37.6 Å². The van der Waals surface area contributed by atoms with Crippen molar-refractivity contribution in [2.75, 3.05) is 13.1 Å². The number of halogens is 1. The minimum atomic E-state index is -0.509. The van der Waals surface area contributed by atoms with Crippen molar-refractivity contribution in [3.05, 3.63) is 11.6 Å². The second-order valence-corrected chi connectivity index (χ2v) is 8.35. The van der Waals surface area contributed by atoms with Crippen LogP contribution in [0.4, 0.5) is 4.79 Å². The third-order valence-corrected chi connectivity index (χ3v) is 4.55. The summed E-state index contributed by atoms with van der Waals surface area (Å²) in [5.74, 6) is 2.66. The molecule has 2 heterocycles. The highest BCUT2D eigenvalue weighted by atomic mass is 127. The van der Waals surface area contributed by atoms with E-state index >= 15 is 0 Å². The lowest BCUT2D eigenvalue weighted by Gasteiger charge is -2.24. The highest BCUT2D eigenvalue weighted by molar-refractivity contribution is 14.0. The first-order chi connectivity index (χ1) is 13.8. The van der Waals surface area contributed by atoms with Crippen molar-refractivity contribution in [3.8, 4) is 0 Å². The standard InChI is InChI=1S/C20H37N7O2.HI/c1-6-8-10-15(13-23-19(28)29-20(3,4)5)24-18(21-7-2)22-14-17-26-25-16-11-9-12-27(16)17;/h15H,6-14H2,1-5H3,(H,23,28)(H2,21,22,24);1H. The molecule has 1 amide bonds. The molecule has 9 nitrogen and oxygen atoms in total. The van der Waals surface area contributed by atoms with Gasteiger partial charge < -0.3 is 25.3 Å². The van der Waals surface area contributed by atoms with Crippen LogP contribution >= 0.6 is 24.0 Å². The number of nitrogens with one attached hydrogen (secondary N) is 3. The van der Waals surface area contributed by atoms with Crippen LogP contribution in [0.2, 0.25) is 0 Å². The topological polar surface area (TPSA) is 105 Å². The van der Waals surface area contributed by atoms with Crippen molar-refractivity contribution < 1.29 is 9.53 Å². The lowest BCUT2D eigenvalue weighted by Crippen LogP contribution is -2.49. The van der Waals surface area contributed by atoms with Crippen LogP contribution in [0.1, 0.15) is 72.0 Å². The monoisotopic (exact) mass is 535 g/mol. The van der Waals surface area contributed by atoms with Crippen molar-refractivity contribution in [1.29, 1.82) is 0 Å². The molecule has 3 N–H and O–H groups in total. The van der Waals surface area contributed by atoms with E-state index in [0.29, 0.717) is 13.1 Å². The number of rotatable bonds is 9. The third-order valence-electron chi connectivity index (χ3n) is 4.55. The Bertz CT molecular complexity index is 685. The van der Waals surface area contributed by atoms with E-state index in [1.165, 1.54) is 0 Å². The van der Waals surface area contributed by atoms with Crippen molar-refractivity contribution in [3.63, 3.8) is 0 Å². The van der Waals surface area contributed by atoms with Crippen molar-refractivity contribution in [1.82, 2.24) is 30.7 Å². The number of carbonyl (C=O) groups is 1. The van der Waals surface area contributed by atoms with Crippen LogP contribution in [0.15, 0.2) is 4.99 Å². The lowest BCUT2D eigenvalue weighted by atomic mass is 10.1. The predicted molar refractivity (Wildman–Crippen MR) is 129 cm³/mol. The van der Waals surface area contributed by atoms with Gasteiger partial charge in [0.2, 0.25) is 0 Å². The number of ether oxygens (including phenoxy) is 1. The molecule has 2 rings (SSSR count). The van der Waals surface area contributed by atoms with E-state index in [0.717, 1.165) is 62.8 Å². The van der Waals surface area contributed by atoms with E-state index < -0.39 is 11.7 Å². The summed E-state index contributed by atoms with van der Waals surface area (Å²) in [7, 11) is 0. The van der Waals surface area contributed by atoms with Gasteiger partial charge in [-0.05, 0) is 40.5 Å². The first-order valence-corrected chi connectivity index (χ1v) is 10.7. The van der Waals surface area contributed by atoms with Crippen molar-refractivity contribution >= 4 is 36.0 Å². The molecule has 1 aromatic heterocycles. The van der Waals surface area contributed by atoms with Gasteiger partial charge in [0, 0.05) is 32.1 Å².